The lowest BCUT2D eigenvalue weighted by Crippen LogP contribution is -2.09. The van der Waals surface area contributed by atoms with Gasteiger partial charge in [0.1, 0.15) is 11.6 Å². The molecule has 1 aromatic rings. The molecule has 82 valence electrons. The van der Waals surface area contributed by atoms with E-state index in [1.807, 2.05) is 0 Å². The zero-order valence-corrected chi connectivity index (χ0v) is 9.36. The Balaban J connectivity index is 2.63. The molecule has 0 spiro atoms. The number of methoxy groups -OCH3 is 1. The first-order valence-electron chi connectivity index (χ1n) is 4.75. The van der Waals surface area contributed by atoms with Crippen LogP contribution in [0.15, 0.2) is 6.07 Å². The first-order valence-corrected chi connectivity index (χ1v) is 5.13. The average Bonchev–Trinajstić information content (AvgIpc) is 2.94. The standard InChI is InChI=1S/C11H12ClFO2/c1-6-9(13)8(12)5-7(10(6)15-2)11(14)3-4-11/h5,14H,3-4H2,1-2H3. The summed E-state index contributed by atoms with van der Waals surface area (Å²) in [6, 6.07) is 1.45. The minimum absolute atomic E-state index is 0.0311. The van der Waals surface area contributed by atoms with Gasteiger partial charge in [-0.05, 0) is 25.8 Å². The fraction of sp³-hybridized carbons (Fsp3) is 0.455. The molecule has 0 saturated heterocycles. The van der Waals surface area contributed by atoms with Gasteiger partial charge in [-0.1, -0.05) is 11.6 Å². The molecule has 0 atom stereocenters. The molecule has 0 aromatic heterocycles. The molecule has 15 heavy (non-hydrogen) atoms. The Kier molecular flexibility index (Phi) is 2.40. The fourth-order valence-corrected chi connectivity index (χ4v) is 1.98. The SMILES string of the molecule is COc1c(C2(O)CC2)cc(Cl)c(F)c1C. The van der Waals surface area contributed by atoms with Gasteiger partial charge in [0.25, 0.3) is 0 Å². The monoisotopic (exact) mass is 230 g/mol. The van der Waals surface area contributed by atoms with Crippen molar-refractivity contribution in [1.82, 2.24) is 0 Å². The number of hydrogen-bond acceptors (Lipinski definition) is 2. The maximum absolute atomic E-state index is 13.5. The van der Waals surface area contributed by atoms with Gasteiger partial charge in [0.2, 0.25) is 0 Å². The Bertz CT molecular complexity index is 414. The molecule has 1 aliphatic carbocycles. The Morgan fingerprint density at radius 3 is 2.60 bits per heavy atom. The maximum atomic E-state index is 13.5. The lowest BCUT2D eigenvalue weighted by atomic mass is 10.0. The van der Waals surface area contributed by atoms with Gasteiger partial charge in [-0.3, -0.25) is 0 Å². The summed E-state index contributed by atoms with van der Waals surface area (Å²) < 4.78 is 18.6. The van der Waals surface area contributed by atoms with E-state index >= 15 is 0 Å². The number of halogens is 2. The highest BCUT2D eigenvalue weighted by Crippen LogP contribution is 2.50. The first kappa shape index (κ1) is 10.7. The highest BCUT2D eigenvalue weighted by molar-refractivity contribution is 6.31. The molecule has 4 heteroatoms. The van der Waals surface area contributed by atoms with Crippen molar-refractivity contribution >= 4 is 11.6 Å². The molecule has 1 saturated carbocycles. The Morgan fingerprint density at radius 1 is 1.53 bits per heavy atom. The van der Waals surface area contributed by atoms with Gasteiger partial charge in [0, 0.05) is 11.1 Å². The van der Waals surface area contributed by atoms with E-state index in [1.165, 1.54) is 13.2 Å². The lowest BCUT2D eigenvalue weighted by molar-refractivity contribution is 0.147. The quantitative estimate of drug-likeness (QED) is 0.847. The summed E-state index contributed by atoms with van der Waals surface area (Å²) in [6.45, 7) is 1.59. The zero-order valence-electron chi connectivity index (χ0n) is 8.60. The van der Waals surface area contributed by atoms with E-state index in [-0.39, 0.29) is 5.02 Å². The van der Waals surface area contributed by atoms with Gasteiger partial charge in [0.15, 0.2) is 0 Å². The van der Waals surface area contributed by atoms with Crippen LogP contribution in [0.25, 0.3) is 0 Å². The summed E-state index contributed by atoms with van der Waals surface area (Å²) >= 11 is 5.74. The van der Waals surface area contributed by atoms with Crippen LogP contribution in [-0.4, -0.2) is 12.2 Å². The Labute approximate surface area is 92.6 Å². The Hall–Kier alpha value is -0.800. The van der Waals surface area contributed by atoms with Crippen molar-refractivity contribution in [2.45, 2.75) is 25.4 Å². The normalized spacial score (nSPS) is 17.7. The van der Waals surface area contributed by atoms with Crippen LogP contribution >= 0.6 is 11.6 Å². The third kappa shape index (κ3) is 1.60. The maximum Gasteiger partial charge on any atom is 0.148 e. The summed E-state index contributed by atoms with van der Waals surface area (Å²) in [4.78, 5) is 0. The van der Waals surface area contributed by atoms with Crippen LogP contribution in [0.1, 0.15) is 24.0 Å². The molecule has 0 unspecified atom stereocenters. The summed E-state index contributed by atoms with van der Waals surface area (Å²) in [7, 11) is 1.46. The second kappa shape index (κ2) is 3.35. The molecule has 1 aliphatic rings. The summed E-state index contributed by atoms with van der Waals surface area (Å²) in [5.74, 6) is -0.0848. The van der Waals surface area contributed by atoms with E-state index in [0.29, 0.717) is 29.7 Å². The van der Waals surface area contributed by atoms with Crippen molar-refractivity contribution < 1.29 is 14.2 Å². The number of benzene rings is 1. The molecular weight excluding hydrogens is 219 g/mol. The van der Waals surface area contributed by atoms with Crippen molar-refractivity contribution in [3.63, 3.8) is 0 Å². The summed E-state index contributed by atoms with van der Waals surface area (Å²) in [6.07, 6.45) is 1.34. The van der Waals surface area contributed by atoms with Crippen LogP contribution in [0.2, 0.25) is 5.02 Å². The molecule has 1 fully saturated rings. The summed E-state index contributed by atoms with van der Waals surface area (Å²) in [5.41, 5.74) is 0.0715. The second-order valence-electron chi connectivity index (χ2n) is 3.91. The molecule has 1 aromatic carbocycles. The number of hydrogen-bond donors (Lipinski definition) is 1. The van der Waals surface area contributed by atoms with Crippen molar-refractivity contribution in [3.8, 4) is 5.75 Å². The fourth-order valence-electron chi connectivity index (χ4n) is 1.73. The van der Waals surface area contributed by atoms with Crippen LogP contribution in [0.4, 0.5) is 4.39 Å². The first-order chi connectivity index (χ1) is 6.99. The predicted octanol–water partition coefficient (Wildman–Crippen LogP) is 2.78. The van der Waals surface area contributed by atoms with E-state index in [4.69, 9.17) is 16.3 Å². The highest BCUT2D eigenvalue weighted by Gasteiger charge is 2.45. The third-order valence-electron chi connectivity index (χ3n) is 2.82. The van der Waals surface area contributed by atoms with E-state index in [0.717, 1.165) is 0 Å². The van der Waals surface area contributed by atoms with Crippen molar-refractivity contribution in [2.75, 3.05) is 7.11 Å². The molecule has 0 amide bonds. The highest BCUT2D eigenvalue weighted by atomic mass is 35.5. The van der Waals surface area contributed by atoms with Crippen molar-refractivity contribution in [3.05, 3.63) is 28.0 Å². The largest absolute Gasteiger partial charge is 0.496 e. The molecule has 0 radical (unpaired) electrons. The molecule has 1 N–H and O–H groups in total. The van der Waals surface area contributed by atoms with E-state index in [1.54, 1.807) is 6.92 Å². The smallest absolute Gasteiger partial charge is 0.148 e. The van der Waals surface area contributed by atoms with Crippen LogP contribution in [0, 0.1) is 12.7 Å². The van der Waals surface area contributed by atoms with Crippen molar-refractivity contribution in [2.24, 2.45) is 0 Å². The molecule has 0 heterocycles. The minimum atomic E-state index is -0.868. The number of ether oxygens (including phenoxy) is 1. The van der Waals surface area contributed by atoms with Gasteiger partial charge in [-0.25, -0.2) is 4.39 Å². The van der Waals surface area contributed by atoms with Crippen LogP contribution < -0.4 is 4.74 Å². The second-order valence-corrected chi connectivity index (χ2v) is 4.32. The number of aliphatic hydroxyl groups is 1. The van der Waals surface area contributed by atoms with Gasteiger partial charge in [-0.2, -0.15) is 0 Å². The minimum Gasteiger partial charge on any atom is -0.496 e. The summed E-state index contributed by atoms with van der Waals surface area (Å²) in [5, 5.41) is 10.0. The van der Waals surface area contributed by atoms with Gasteiger partial charge in [0.05, 0.1) is 17.7 Å². The van der Waals surface area contributed by atoms with E-state index < -0.39 is 11.4 Å². The van der Waals surface area contributed by atoms with Crippen LogP contribution in [0.5, 0.6) is 5.75 Å². The van der Waals surface area contributed by atoms with Gasteiger partial charge >= 0.3 is 0 Å². The Morgan fingerprint density at radius 2 is 2.13 bits per heavy atom. The van der Waals surface area contributed by atoms with Crippen molar-refractivity contribution in [1.29, 1.82) is 0 Å². The van der Waals surface area contributed by atoms with Crippen LogP contribution in [-0.2, 0) is 5.60 Å². The van der Waals surface area contributed by atoms with E-state index in [2.05, 4.69) is 0 Å². The van der Waals surface area contributed by atoms with Gasteiger partial charge < -0.3 is 9.84 Å². The lowest BCUT2D eigenvalue weighted by Gasteiger charge is -2.16. The molecule has 2 rings (SSSR count). The molecule has 0 aliphatic heterocycles. The third-order valence-corrected chi connectivity index (χ3v) is 3.10. The van der Waals surface area contributed by atoms with E-state index in [9.17, 15) is 9.50 Å². The molecule has 0 bridgehead atoms. The van der Waals surface area contributed by atoms with Crippen LogP contribution in [0.3, 0.4) is 0 Å². The van der Waals surface area contributed by atoms with Gasteiger partial charge in [-0.15, -0.1) is 0 Å². The topological polar surface area (TPSA) is 29.5 Å². The number of rotatable bonds is 2. The molecule has 2 nitrogen and oxygen atoms in total. The molecular formula is C11H12ClFO2. The predicted molar refractivity (Wildman–Crippen MR) is 55.8 cm³/mol. The zero-order chi connectivity index (χ0) is 11.2. The average molecular weight is 231 g/mol.